The van der Waals surface area contributed by atoms with Crippen molar-refractivity contribution in [2.45, 2.75) is 6.92 Å². The monoisotopic (exact) mass is 218 g/mol. The van der Waals surface area contributed by atoms with Gasteiger partial charge in [-0.1, -0.05) is 0 Å². The third kappa shape index (κ3) is 1.45. The van der Waals surface area contributed by atoms with Crippen LogP contribution in [0.15, 0.2) is 16.7 Å². The molecule has 60 valence electrons. The van der Waals surface area contributed by atoms with Crippen LogP contribution in [0.5, 0.6) is 5.75 Å². The first-order chi connectivity index (χ1) is 5.16. The molecule has 0 aliphatic rings. The molecule has 0 spiro atoms. The van der Waals surface area contributed by atoms with Crippen LogP contribution in [-0.2, 0) is 0 Å². The minimum Gasteiger partial charge on any atom is -0.490 e. The fourth-order valence-corrected chi connectivity index (χ4v) is 1.32. The first kappa shape index (κ1) is 8.33. The highest BCUT2D eigenvalue weighted by molar-refractivity contribution is 9.10. The summed E-state index contributed by atoms with van der Waals surface area (Å²) in [5, 5.41) is 9.31. The van der Waals surface area contributed by atoms with E-state index in [1.807, 2.05) is 0 Å². The summed E-state index contributed by atoms with van der Waals surface area (Å²) in [7, 11) is 1.55. The Bertz CT molecular complexity index is 275. The van der Waals surface area contributed by atoms with Gasteiger partial charge in [0, 0.05) is 33.7 Å². The van der Waals surface area contributed by atoms with Crippen molar-refractivity contribution in [1.29, 1.82) is 0 Å². The van der Waals surface area contributed by atoms with E-state index in [-0.39, 0.29) is 0 Å². The minimum absolute atomic E-state index is 0.528. The van der Waals surface area contributed by atoms with Crippen LogP contribution >= 0.6 is 15.9 Å². The van der Waals surface area contributed by atoms with Crippen molar-refractivity contribution < 1.29 is 14.7 Å². The van der Waals surface area contributed by atoms with E-state index in [9.17, 15) is 5.21 Å². The molecule has 0 atom stereocenters. The molecule has 0 aromatic carbocycles. The standard InChI is InChI=1S/C7H9BrNO2/c1-5-3-4-6(11-2)7(8)9(5)10/h3-4,10H,1-2H3/q+1. The van der Waals surface area contributed by atoms with Gasteiger partial charge in [-0.2, -0.15) is 0 Å². The zero-order valence-corrected chi connectivity index (χ0v) is 7.92. The number of aromatic nitrogens is 1. The summed E-state index contributed by atoms with van der Waals surface area (Å²) in [5.41, 5.74) is 0.748. The van der Waals surface area contributed by atoms with Crippen LogP contribution in [0.4, 0.5) is 0 Å². The van der Waals surface area contributed by atoms with Crippen molar-refractivity contribution in [1.82, 2.24) is 0 Å². The van der Waals surface area contributed by atoms with E-state index in [1.54, 1.807) is 26.2 Å². The molecule has 1 rings (SSSR count). The first-order valence-electron chi connectivity index (χ1n) is 3.11. The number of hydrogen-bond donors (Lipinski definition) is 1. The lowest BCUT2D eigenvalue weighted by Gasteiger charge is -1.98. The Balaban J connectivity index is 3.25. The molecule has 0 radical (unpaired) electrons. The van der Waals surface area contributed by atoms with Crippen molar-refractivity contribution in [2.24, 2.45) is 0 Å². The predicted octanol–water partition coefficient (Wildman–Crippen LogP) is 1.29. The van der Waals surface area contributed by atoms with E-state index >= 15 is 0 Å². The molecular formula is C7H9BrNO2+. The Morgan fingerprint density at radius 3 is 2.73 bits per heavy atom. The third-order valence-electron chi connectivity index (χ3n) is 1.42. The van der Waals surface area contributed by atoms with Gasteiger partial charge in [0.1, 0.15) is 0 Å². The molecule has 0 aliphatic carbocycles. The molecule has 0 amide bonds. The quantitative estimate of drug-likeness (QED) is 0.438. The normalized spacial score (nSPS) is 9.73. The van der Waals surface area contributed by atoms with Gasteiger partial charge in [0.05, 0.1) is 7.11 Å². The molecule has 11 heavy (non-hydrogen) atoms. The highest BCUT2D eigenvalue weighted by atomic mass is 79.9. The summed E-state index contributed by atoms with van der Waals surface area (Å²) >= 11 is 3.18. The molecule has 0 bridgehead atoms. The molecule has 0 fully saturated rings. The van der Waals surface area contributed by atoms with E-state index < -0.39 is 0 Å². The molecule has 1 N–H and O–H groups in total. The molecule has 0 unspecified atom stereocenters. The number of aryl methyl sites for hydroxylation is 1. The summed E-state index contributed by atoms with van der Waals surface area (Å²) < 4.78 is 6.51. The van der Waals surface area contributed by atoms with Gasteiger partial charge in [-0.25, -0.2) is 0 Å². The van der Waals surface area contributed by atoms with E-state index in [2.05, 4.69) is 15.9 Å². The van der Waals surface area contributed by atoms with Crippen molar-refractivity contribution in [3.8, 4) is 5.75 Å². The predicted molar refractivity (Wildman–Crippen MR) is 42.8 cm³/mol. The van der Waals surface area contributed by atoms with Gasteiger partial charge in [-0.15, -0.1) is 0 Å². The molecule has 4 heteroatoms. The van der Waals surface area contributed by atoms with E-state index in [1.165, 1.54) is 0 Å². The van der Waals surface area contributed by atoms with Crippen molar-refractivity contribution >= 4 is 15.9 Å². The lowest BCUT2D eigenvalue weighted by molar-refractivity contribution is -0.917. The summed E-state index contributed by atoms with van der Waals surface area (Å²) in [5.74, 6) is 0.609. The molecule has 1 heterocycles. The minimum atomic E-state index is 0.528. The Kier molecular flexibility index (Phi) is 2.34. The Morgan fingerprint density at radius 2 is 2.18 bits per heavy atom. The van der Waals surface area contributed by atoms with Crippen molar-refractivity contribution in [3.05, 3.63) is 22.4 Å². The van der Waals surface area contributed by atoms with Crippen LogP contribution in [-0.4, -0.2) is 12.3 Å². The lowest BCUT2D eigenvalue weighted by atomic mass is 10.4. The molecule has 0 saturated heterocycles. The van der Waals surface area contributed by atoms with Gasteiger partial charge in [-0.05, 0) is 6.07 Å². The average molecular weight is 219 g/mol. The second kappa shape index (κ2) is 3.09. The summed E-state index contributed by atoms with van der Waals surface area (Å²) in [4.78, 5) is 0. The van der Waals surface area contributed by atoms with Gasteiger partial charge < -0.3 is 4.74 Å². The zero-order chi connectivity index (χ0) is 8.43. The molecule has 1 aromatic heterocycles. The van der Waals surface area contributed by atoms with Crippen LogP contribution < -0.4 is 9.47 Å². The molecule has 0 aliphatic heterocycles. The fraction of sp³-hybridized carbons (Fsp3) is 0.286. The van der Waals surface area contributed by atoms with Gasteiger partial charge in [-0.3, -0.25) is 5.21 Å². The summed E-state index contributed by atoms with van der Waals surface area (Å²) in [6.45, 7) is 1.80. The second-order valence-corrected chi connectivity index (χ2v) is 2.90. The van der Waals surface area contributed by atoms with E-state index in [0.29, 0.717) is 10.4 Å². The zero-order valence-electron chi connectivity index (χ0n) is 6.34. The van der Waals surface area contributed by atoms with Gasteiger partial charge in [0.25, 0.3) is 0 Å². The largest absolute Gasteiger partial charge is 0.490 e. The van der Waals surface area contributed by atoms with Crippen molar-refractivity contribution in [3.63, 3.8) is 0 Å². The van der Waals surface area contributed by atoms with Crippen LogP contribution in [0.2, 0.25) is 0 Å². The smallest absolute Gasteiger partial charge is 0.340 e. The first-order valence-corrected chi connectivity index (χ1v) is 3.90. The average Bonchev–Trinajstić information content (AvgIpc) is 2.01. The maximum Gasteiger partial charge on any atom is 0.340 e. The van der Waals surface area contributed by atoms with Gasteiger partial charge >= 0.3 is 4.60 Å². The number of pyridine rings is 1. The van der Waals surface area contributed by atoms with Crippen LogP contribution in [0.1, 0.15) is 5.69 Å². The van der Waals surface area contributed by atoms with E-state index in [0.717, 1.165) is 10.4 Å². The topological polar surface area (TPSA) is 33.3 Å². The number of hydrogen-bond acceptors (Lipinski definition) is 2. The summed E-state index contributed by atoms with van der Waals surface area (Å²) in [6.07, 6.45) is 0. The summed E-state index contributed by atoms with van der Waals surface area (Å²) in [6, 6.07) is 3.55. The Morgan fingerprint density at radius 1 is 1.55 bits per heavy atom. The maximum atomic E-state index is 9.31. The van der Waals surface area contributed by atoms with Crippen LogP contribution in [0.3, 0.4) is 0 Å². The lowest BCUT2D eigenvalue weighted by Crippen LogP contribution is -2.35. The van der Waals surface area contributed by atoms with Crippen LogP contribution in [0, 0.1) is 6.92 Å². The van der Waals surface area contributed by atoms with Gasteiger partial charge in [0.15, 0.2) is 0 Å². The highest BCUT2D eigenvalue weighted by Gasteiger charge is 2.16. The maximum absolute atomic E-state index is 9.31. The Hall–Kier alpha value is -0.770. The number of nitrogens with zero attached hydrogens (tertiary/aromatic N) is 1. The number of rotatable bonds is 1. The van der Waals surface area contributed by atoms with E-state index in [4.69, 9.17) is 4.74 Å². The molecule has 0 saturated carbocycles. The number of ether oxygens (including phenoxy) is 1. The molecule has 3 nitrogen and oxygen atoms in total. The number of methoxy groups -OCH3 is 1. The third-order valence-corrected chi connectivity index (χ3v) is 2.15. The number of halogens is 1. The molecular weight excluding hydrogens is 210 g/mol. The fourth-order valence-electron chi connectivity index (χ4n) is 0.747. The van der Waals surface area contributed by atoms with Crippen LogP contribution in [0.25, 0.3) is 0 Å². The molecule has 1 aromatic rings. The second-order valence-electron chi connectivity index (χ2n) is 2.15. The SMILES string of the molecule is COc1ccc(C)[n+](O)c1Br. The van der Waals surface area contributed by atoms with Crippen molar-refractivity contribution in [2.75, 3.05) is 7.11 Å². The Labute approximate surface area is 73.3 Å². The van der Waals surface area contributed by atoms with Gasteiger partial charge in [0.2, 0.25) is 11.4 Å². The highest BCUT2D eigenvalue weighted by Crippen LogP contribution is 2.19.